The fourth-order valence-electron chi connectivity index (χ4n) is 4.33. The van der Waals surface area contributed by atoms with E-state index in [1.54, 1.807) is 0 Å². The van der Waals surface area contributed by atoms with Gasteiger partial charge in [-0.15, -0.1) is 0 Å². The summed E-state index contributed by atoms with van der Waals surface area (Å²) in [6, 6.07) is 0. The lowest BCUT2D eigenvalue weighted by atomic mass is 9.72. The SMILES string of the molecule is CCOC(=O)[C@@]12[C@H]3CO[C@@H]1C1(CCCCC1)ON2OC3. The van der Waals surface area contributed by atoms with Crippen molar-refractivity contribution in [3.8, 4) is 0 Å². The van der Waals surface area contributed by atoms with E-state index < -0.39 is 11.1 Å². The third-order valence-corrected chi connectivity index (χ3v) is 5.23. The molecule has 3 aliphatic heterocycles. The Kier molecular flexibility index (Phi) is 2.86. The van der Waals surface area contributed by atoms with Crippen LogP contribution in [0.4, 0.5) is 0 Å². The fourth-order valence-corrected chi connectivity index (χ4v) is 4.33. The van der Waals surface area contributed by atoms with E-state index in [1.165, 1.54) is 11.6 Å². The van der Waals surface area contributed by atoms with E-state index in [4.69, 9.17) is 19.1 Å². The van der Waals surface area contributed by atoms with Gasteiger partial charge in [-0.05, 0) is 25.0 Å². The van der Waals surface area contributed by atoms with Crippen molar-refractivity contribution in [3.63, 3.8) is 0 Å². The molecular formula is C14H21NO5. The molecule has 0 radical (unpaired) electrons. The van der Waals surface area contributed by atoms with Crippen LogP contribution in [0.5, 0.6) is 0 Å². The van der Waals surface area contributed by atoms with E-state index in [9.17, 15) is 4.79 Å². The second-order valence-corrected chi connectivity index (χ2v) is 6.23. The van der Waals surface area contributed by atoms with Crippen LogP contribution in [-0.4, -0.2) is 48.3 Å². The van der Waals surface area contributed by atoms with Crippen LogP contribution in [-0.2, 0) is 23.9 Å². The molecule has 4 rings (SSSR count). The molecule has 20 heavy (non-hydrogen) atoms. The summed E-state index contributed by atoms with van der Waals surface area (Å²) in [4.78, 5) is 24.4. The Bertz CT molecular complexity index is 422. The third-order valence-electron chi connectivity index (χ3n) is 5.23. The molecule has 6 nitrogen and oxygen atoms in total. The summed E-state index contributed by atoms with van der Waals surface area (Å²) in [5.41, 5.74) is -1.28. The Morgan fingerprint density at radius 2 is 2.10 bits per heavy atom. The number of fused-ring (bicyclic) bond motifs is 1. The van der Waals surface area contributed by atoms with E-state index in [0.717, 1.165) is 25.7 Å². The molecule has 1 spiro atoms. The first kappa shape index (κ1) is 13.0. The fraction of sp³-hybridized carbons (Fsp3) is 0.929. The van der Waals surface area contributed by atoms with E-state index in [-0.39, 0.29) is 18.0 Å². The topological polar surface area (TPSA) is 57.2 Å². The van der Waals surface area contributed by atoms with E-state index in [1.807, 2.05) is 6.92 Å². The molecule has 0 aromatic carbocycles. The number of rotatable bonds is 2. The van der Waals surface area contributed by atoms with Crippen LogP contribution in [0.2, 0.25) is 0 Å². The molecular weight excluding hydrogens is 262 g/mol. The minimum absolute atomic E-state index is 0.00727. The number of carbonyl (C=O) groups excluding carboxylic acids is 1. The normalized spacial score (nSPS) is 42.0. The molecule has 1 aliphatic carbocycles. The monoisotopic (exact) mass is 283 g/mol. The Morgan fingerprint density at radius 1 is 1.30 bits per heavy atom. The first-order valence-corrected chi connectivity index (χ1v) is 7.65. The van der Waals surface area contributed by atoms with E-state index in [0.29, 0.717) is 19.8 Å². The molecule has 0 aromatic rings. The number of esters is 1. The minimum Gasteiger partial charge on any atom is -0.464 e. The maximum atomic E-state index is 12.6. The number of hydrogen-bond donors (Lipinski definition) is 0. The summed E-state index contributed by atoms with van der Waals surface area (Å²) in [5, 5.41) is 1.43. The van der Waals surface area contributed by atoms with Crippen LogP contribution in [0.3, 0.4) is 0 Å². The van der Waals surface area contributed by atoms with Gasteiger partial charge in [-0.2, -0.15) is 0 Å². The van der Waals surface area contributed by atoms with Crippen LogP contribution in [0.15, 0.2) is 0 Å². The molecule has 3 saturated heterocycles. The lowest BCUT2D eigenvalue weighted by Crippen LogP contribution is -2.57. The highest BCUT2D eigenvalue weighted by Gasteiger charge is 2.77. The second kappa shape index (κ2) is 4.40. The lowest BCUT2D eigenvalue weighted by molar-refractivity contribution is -0.376. The predicted molar refractivity (Wildman–Crippen MR) is 67.3 cm³/mol. The zero-order valence-corrected chi connectivity index (χ0v) is 11.8. The summed E-state index contributed by atoms with van der Waals surface area (Å²) in [6.45, 7) is 3.20. The van der Waals surface area contributed by atoms with Crippen LogP contribution in [0, 0.1) is 5.92 Å². The summed E-state index contributed by atoms with van der Waals surface area (Å²) in [7, 11) is 0. The van der Waals surface area contributed by atoms with E-state index >= 15 is 0 Å². The van der Waals surface area contributed by atoms with Crippen LogP contribution in [0.25, 0.3) is 0 Å². The molecule has 0 bridgehead atoms. The van der Waals surface area contributed by atoms with Crippen molar-refractivity contribution >= 4 is 5.97 Å². The number of nitrogens with zero attached hydrogens (tertiary/aromatic N) is 1. The zero-order chi connectivity index (χ0) is 13.8. The molecule has 3 heterocycles. The van der Waals surface area contributed by atoms with Gasteiger partial charge < -0.3 is 9.47 Å². The smallest absolute Gasteiger partial charge is 0.334 e. The van der Waals surface area contributed by atoms with Crippen LogP contribution in [0.1, 0.15) is 39.0 Å². The number of carbonyl (C=O) groups is 1. The highest BCUT2D eigenvalue weighted by molar-refractivity contribution is 5.83. The summed E-state index contributed by atoms with van der Waals surface area (Å²) in [6.07, 6.45) is 5.02. The first-order valence-electron chi connectivity index (χ1n) is 7.65. The Hall–Kier alpha value is -0.690. The Morgan fingerprint density at radius 3 is 2.85 bits per heavy atom. The Labute approximate surface area is 118 Å². The third kappa shape index (κ3) is 1.40. The second-order valence-electron chi connectivity index (χ2n) is 6.23. The molecule has 0 N–H and O–H groups in total. The average molecular weight is 283 g/mol. The van der Waals surface area contributed by atoms with Crippen LogP contribution >= 0.6 is 0 Å². The van der Waals surface area contributed by atoms with Gasteiger partial charge >= 0.3 is 5.97 Å². The van der Waals surface area contributed by atoms with Crippen molar-refractivity contribution in [2.75, 3.05) is 19.8 Å². The molecule has 3 atom stereocenters. The Balaban J connectivity index is 1.74. The number of hydrogen-bond acceptors (Lipinski definition) is 6. The predicted octanol–water partition coefficient (Wildman–Crippen LogP) is 1.20. The van der Waals surface area contributed by atoms with Gasteiger partial charge in [-0.1, -0.05) is 19.3 Å². The average Bonchev–Trinajstić information content (AvgIpc) is 3.06. The van der Waals surface area contributed by atoms with Gasteiger partial charge in [0, 0.05) is 5.92 Å². The maximum Gasteiger partial charge on any atom is 0.334 e. The van der Waals surface area contributed by atoms with E-state index in [2.05, 4.69) is 0 Å². The molecule has 6 heteroatoms. The standard InChI is InChI=1S/C14H21NO5/c1-2-17-12(16)14-10-8-18-11(14)13(6-4-3-5-7-13)20-15(14)19-9-10/h10-11H,2-9H2,1H3/t10-,11+,14+/m0/s1. The zero-order valence-electron chi connectivity index (χ0n) is 11.8. The van der Waals surface area contributed by atoms with Gasteiger partial charge in [0.1, 0.15) is 11.7 Å². The van der Waals surface area contributed by atoms with Crippen molar-refractivity contribution in [2.45, 2.75) is 56.3 Å². The van der Waals surface area contributed by atoms with Gasteiger partial charge in [0.05, 0.1) is 19.8 Å². The molecule has 4 fully saturated rings. The molecule has 0 unspecified atom stereocenters. The van der Waals surface area contributed by atoms with Gasteiger partial charge in [0.15, 0.2) is 0 Å². The maximum absolute atomic E-state index is 12.6. The van der Waals surface area contributed by atoms with Gasteiger partial charge in [0.2, 0.25) is 5.54 Å². The lowest BCUT2D eigenvalue weighted by Gasteiger charge is -2.36. The van der Waals surface area contributed by atoms with Gasteiger partial charge in [-0.3, -0.25) is 9.68 Å². The first-order chi connectivity index (χ1) is 9.74. The number of hydroxylamine groups is 2. The largest absolute Gasteiger partial charge is 0.464 e. The van der Waals surface area contributed by atoms with Crippen molar-refractivity contribution in [1.29, 1.82) is 0 Å². The van der Waals surface area contributed by atoms with Gasteiger partial charge in [0.25, 0.3) is 0 Å². The molecule has 4 aliphatic rings. The van der Waals surface area contributed by atoms with Crippen LogP contribution < -0.4 is 0 Å². The number of ether oxygens (including phenoxy) is 2. The van der Waals surface area contributed by atoms with Crippen molar-refractivity contribution in [1.82, 2.24) is 5.23 Å². The molecule has 112 valence electrons. The van der Waals surface area contributed by atoms with Crippen molar-refractivity contribution < 1.29 is 23.9 Å². The molecule has 0 aromatic heterocycles. The van der Waals surface area contributed by atoms with Crippen molar-refractivity contribution in [3.05, 3.63) is 0 Å². The molecule has 1 saturated carbocycles. The minimum atomic E-state index is -0.882. The van der Waals surface area contributed by atoms with Crippen molar-refractivity contribution in [2.24, 2.45) is 5.92 Å². The highest BCUT2D eigenvalue weighted by atomic mass is 17.0. The van der Waals surface area contributed by atoms with Gasteiger partial charge in [-0.25, -0.2) is 4.79 Å². The summed E-state index contributed by atoms with van der Waals surface area (Å²) < 4.78 is 11.4. The summed E-state index contributed by atoms with van der Waals surface area (Å²) in [5.74, 6) is -0.250. The molecule has 0 amide bonds. The highest BCUT2D eigenvalue weighted by Crippen LogP contribution is 2.57. The summed E-state index contributed by atoms with van der Waals surface area (Å²) >= 11 is 0. The quantitative estimate of drug-likeness (QED) is 0.710.